The number of para-hydroxylation sites is 1. The number of nitrogens with zero attached hydrogens (tertiary/aromatic N) is 2. The van der Waals surface area contributed by atoms with E-state index >= 15 is 0 Å². The maximum Gasteiger partial charge on any atom is 0.258 e. The van der Waals surface area contributed by atoms with Gasteiger partial charge in [-0.2, -0.15) is 0 Å². The zero-order valence-electron chi connectivity index (χ0n) is 12.8. The van der Waals surface area contributed by atoms with Crippen LogP contribution < -0.4 is 10.6 Å². The predicted molar refractivity (Wildman–Crippen MR) is 92.1 cm³/mol. The molecule has 0 aliphatic rings. The van der Waals surface area contributed by atoms with E-state index in [0.29, 0.717) is 23.1 Å². The Hall–Kier alpha value is -2.51. The number of rotatable bonds is 5. The smallest absolute Gasteiger partial charge is 0.258 e. The Morgan fingerprint density at radius 1 is 1.30 bits per heavy atom. The first-order valence-corrected chi connectivity index (χ1v) is 7.91. The number of nitrogens with one attached hydrogen (secondary N) is 2. The van der Waals surface area contributed by atoms with E-state index in [0.717, 1.165) is 16.6 Å². The molecule has 2 N–H and O–H groups in total. The van der Waals surface area contributed by atoms with Crippen molar-refractivity contribution in [2.45, 2.75) is 6.61 Å². The van der Waals surface area contributed by atoms with Gasteiger partial charge in [0.2, 0.25) is 0 Å². The first-order valence-electron chi connectivity index (χ1n) is 7.03. The molecule has 0 bridgehead atoms. The first-order chi connectivity index (χ1) is 11.2. The molecular weight excluding hydrogens is 312 g/mol. The average Bonchev–Trinajstić information content (AvgIpc) is 3.01. The summed E-state index contributed by atoms with van der Waals surface area (Å²) in [4.78, 5) is 21.4. The summed E-state index contributed by atoms with van der Waals surface area (Å²) in [5.41, 5.74) is 2.12. The number of ether oxygens (including phenoxy) is 1. The molecule has 3 aromatic rings. The summed E-state index contributed by atoms with van der Waals surface area (Å²) in [6.45, 7) is 0.425. The molecule has 3 rings (SSSR count). The molecule has 1 aromatic carbocycles. The van der Waals surface area contributed by atoms with E-state index in [1.54, 1.807) is 20.2 Å². The highest BCUT2D eigenvalue weighted by molar-refractivity contribution is 7.14. The van der Waals surface area contributed by atoms with Crippen molar-refractivity contribution in [3.05, 3.63) is 47.0 Å². The van der Waals surface area contributed by atoms with Crippen LogP contribution in [0.5, 0.6) is 0 Å². The normalized spacial score (nSPS) is 10.7. The number of carbonyl (C=O) groups excluding carboxylic acids is 1. The van der Waals surface area contributed by atoms with Gasteiger partial charge in [-0.1, -0.05) is 18.2 Å². The van der Waals surface area contributed by atoms with Crippen LogP contribution in [0.15, 0.2) is 35.7 Å². The lowest BCUT2D eigenvalue weighted by Crippen LogP contribution is -2.13. The van der Waals surface area contributed by atoms with Crippen molar-refractivity contribution in [1.29, 1.82) is 0 Å². The van der Waals surface area contributed by atoms with Crippen LogP contribution in [0.1, 0.15) is 16.1 Å². The summed E-state index contributed by atoms with van der Waals surface area (Å²) in [6.07, 6.45) is 0. The number of fused-ring (bicyclic) bond motifs is 1. The molecule has 118 valence electrons. The van der Waals surface area contributed by atoms with Gasteiger partial charge in [-0.15, -0.1) is 11.3 Å². The van der Waals surface area contributed by atoms with Crippen molar-refractivity contribution in [2.24, 2.45) is 0 Å². The van der Waals surface area contributed by atoms with Crippen LogP contribution in [0.4, 0.5) is 10.9 Å². The van der Waals surface area contributed by atoms with Gasteiger partial charge < -0.3 is 10.1 Å². The lowest BCUT2D eigenvalue weighted by Gasteiger charge is -2.08. The minimum Gasteiger partial charge on any atom is -0.378 e. The molecule has 2 aromatic heterocycles. The number of methoxy groups -OCH3 is 1. The van der Waals surface area contributed by atoms with Gasteiger partial charge in [-0.25, -0.2) is 9.97 Å². The topological polar surface area (TPSA) is 76.1 Å². The van der Waals surface area contributed by atoms with Gasteiger partial charge in [-0.3, -0.25) is 10.1 Å². The number of aromatic nitrogens is 2. The van der Waals surface area contributed by atoms with Gasteiger partial charge in [0, 0.05) is 24.9 Å². The zero-order chi connectivity index (χ0) is 16.2. The van der Waals surface area contributed by atoms with Gasteiger partial charge in [0.25, 0.3) is 5.91 Å². The van der Waals surface area contributed by atoms with Crippen molar-refractivity contribution in [2.75, 3.05) is 24.8 Å². The van der Waals surface area contributed by atoms with Crippen LogP contribution >= 0.6 is 11.3 Å². The Bertz CT molecular complexity index is 847. The number of thiazole rings is 1. The summed E-state index contributed by atoms with van der Waals surface area (Å²) in [7, 11) is 3.39. The average molecular weight is 328 g/mol. The predicted octanol–water partition coefficient (Wildman–Crippen LogP) is 3.13. The minimum atomic E-state index is -0.210. The third-order valence-corrected chi connectivity index (χ3v) is 4.09. The molecule has 0 aliphatic carbocycles. The van der Waals surface area contributed by atoms with Gasteiger partial charge in [0.1, 0.15) is 5.82 Å². The number of hydrogen-bond donors (Lipinski definition) is 2. The zero-order valence-corrected chi connectivity index (χ0v) is 13.6. The molecule has 0 atom stereocenters. The molecule has 23 heavy (non-hydrogen) atoms. The Balaban J connectivity index is 1.93. The molecule has 1 amide bonds. The summed E-state index contributed by atoms with van der Waals surface area (Å²) in [6, 6.07) is 9.29. The number of carbonyl (C=O) groups is 1. The van der Waals surface area contributed by atoms with Crippen LogP contribution in [0.25, 0.3) is 10.9 Å². The van der Waals surface area contributed by atoms with Gasteiger partial charge in [0.05, 0.1) is 23.4 Å². The first kappa shape index (κ1) is 15.4. The largest absolute Gasteiger partial charge is 0.378 e. The number of anilines is 2. The number of pyridine rings is 1. The summed E-state index contributed by atoms with van der Waals surface area (Å²) < 4.78 is 5.03. The SMILES string of the molecule is CNc1cc(C(=O)Nc2nc(COC)cs2)c2ccccc2n1. The fraction of sp³-hybridized carbons (Fsp3) is 0.188. The number of hydrogen-bond acceptors (Lipinski definition) is 6. The van der Waals surface area contributed by atoms with E-state index in [1.807, 2.05) is 29.6 Å². The molecule has 0 radical (unpaired) electrons. The standard InChI is InChI=1S/C16H16N4O2S/c1-17-14-7-12(11-5-3-4-6-13(11)19-14)15(21)20-16-18-10(8-22-2)9-23-16/h3-7,9H,8H2,1-2H3,(H,17,19)(H,18,20,21). The second-order valence-electron chi connectivity index (χ2n) is 4.85. The molecule has 0 fully saturated rings. The van der Waals surface area contributed by atoms with Crippen LogP contribution in [0.3, 0.4) is 0 Å². The Kier molecular flexibility index (Phi) is 4.50. The van der Waals surface area contributed by atoms with Crippen LogP contribution in [-0.4, -0.2) is 30.0 Å². The van der Waals surface area contributed by atoms with Gasteiger partial charge in [-0.05, 0) is 12.1 Å². The monoisotopic (exact) mass is 328 g/mol. The minimum absolute atomic E-state index is 0.210. The lowest BCUT2D eigenvalue weighted by molar-refractivity contribution is 0.102. The van der Waals surface area contributed by atoms with Crippen LogP contribution in [-0.2, 0) is 11.3 Å². The van der Waals surface area contributed by atoms with Crippen LogP contribution in [0.2, 0.25) is 0 Å². The van der Waals surface area contributed by atoms with E-state index < -0.39 is 0 Å². The second kappa shape index (κ2) is 6.72. The Morgan fingerprint density at radius 3 is 2.91 bits per heavy atom. The lowest BCUT2D eigenvalue weighted by atomic mass is 10.1. The van der Waals surface area contributed by atoms with E-state index in [-0.39, 0.29) is 5.91 Å². The molecular formula is C16H16N4O2S. The van der Waals surface area contributed by atoms with Crippen molar-refractivity contribution in [1.82, 2.24) is 9.97 Å². The highest BCUT2D eigenvalue weighted by Gasteiger charge is 2.14. The molecule has 0 saturated heterocycles. The third kappa shape index (κ3) is 3.30. The molecule has 2 heterocycles. The van der Waals surface area contributed by atoms with Crippen molar-refractivity contribution >= 4 is 39.1 Å². The highest BCUT2D eigenvalue weighted by atomic mass is 32.1. The quantitative estimate of drug-likeness (QED) is 0.752. The van der Waals surface area contributed by atoms with Crippen molar-refractivity contribution < 1.29 is 9.53 Å². The van der Waals surface area contributed by atoms with Gasteiger partial charge >= 0.3 is 0 Å². The Labute approximate surface area is 137 Å². The second-order valence-corrected chi connectivity index (χ2v) is 5.71. The Morgan fingerprint density at radius 2 is 2.13 bits per heavy atom. The molecule has 0 saturated carbocycles. The van der Waals surface area contributed by atoms with Crippen LogP contribution in [0, 0.1) is 0 Å². The number of amides is 1. The fourth-order valence-corrected chi connectivity index (χ4v) is 2.92. The van der Waals surface area contributed by atoms with E-state index in [9.17, 15) is 4.79 Å². The number of benzene rings is 1. The maximum atomic E-state index is 12.6. The molecule has 0 aliphatic heterocycles. The van der Waals surface area contributed by atoms with E-state index in [4.69, 9.17) is 4.74 Å². The van der Waals surface area contributed by atoms with Gasteiger partial charge in [0.15, 0.2) is 5.13 Å². The molecule has 0 spiro atoms. The summed E-state index contributed by atoms with van der Waals surface area (Å²) in [5, 5.41) is 9.03. The van der Waals surface area contributed by atoms with Crippen molar-refractivity contribution in [3.8, 4) is 0 Å². The van der Waals surface area contributed by atoms with E-state index in [2.05, 4.69) is 20.6 Å². The maximum absolute atomic E-state index is 12.6. The fourth-order valence-electron chi connectivity index (χ4n) is 2.23. The van der Waals surface area contributed by atoms with E-state index in [1.165, 1.54) is 11.3 Å². The molecule has 7 heteroatoms. The third-order valence-electron chi connectivity index (χ3n) is 3.28. The summed E-state index contributed by atoms with van der Waals surface area (Å²) >= 11 is 1.37. The summed E-state index contributed by atoms with van der Waals surface area (Å²) in [5.74, 6) is 0.437. The molecule has 6 nitrogen and oxygen atoms in total. The van der Waals surface area contributed by atoms with Crippen molar-refractivity contribution in [3.63, 3.8) is 0 Å². The molecule has 0 unspecified atom stereocenters. The highest BCUT2D eigenvalue weighted by Crippen LogP contribution is 2.23.